The largest absolute Gasteiger partial charge is 0.242 e. The molecule has 1 unspecified atom stereocenters. The maximum absolute atomic E-state index is 14.7. The summed E-state index contributed by atoms with van der Waals surface area (Å²) in [7, 11) is 0. The minimum Gasteiger partial charge on any atom is -0.242 e. The molecule has 1 nitrogen and oxygen atoms in total. The van der Waals surface area contributed by atoms with Crippen molar-refractivity contribution < 1.29 is 8.78 Å². The summed E-state index contributed by atoms with van der Waals surface area (Å²) >= 11 is 0. The Labute approximate surface area is 213 Å². The molecular formula is C32H47F2N. The van der Waals surface area contributed by atoms with Crippen LogP contribution >= 0.6 is 0 Å². The average Bonchev–Trinajstić information content (AvgIpc) is 2.88. The van der Waals surface area contributed by atoms with Crippen molar-refractivity contribution in [2.24, 2.45) is 5.92 Å². The van der Waals surface area contributed by atoms with Gasteiger partial charge < -0.3 is 0 Å². The second-order valence-electron chi connectivity index (χ2n) is 10.8. The third-order valence-electron chi connectivity index (χ3n) is 8.02. The number of hydrogen-bond donors (Lipinski definition) is 0. The predicted molar refractivity (Wildman–Crippen MR) is 145 cm³/mol. The highest BCUT2D eigenvalue weighted by atomic mass is 19.1. The van der Waals surface area contributed by atoms with E-state index in [1.54, 1.807) is 12.1 Å². The number of pyridine rings is 1. The molecule has 3 rings (SSSR count). The fourth-order valence-corrected chi connectivity index (χ4v) is 5.67. The maximum atomic E-state index is 14.7. The number of rotatable bonds is 15. The highest BCUT2D eigenvalue weighted by Crippen LogP contribution is 2.38. The lowest BCUT2D eigenvalue weighted by atomic mass is 9.77. The van der Waals surface area contributed by atoms with Crippen LogP contribution in [0.1, 0.15) is 140 Å². The quantitative estimate of drug-likeness (QED) is 0.181. The number of alkyl halides is 1. The van der Waals surface area contributed by atoms with E-state index >= 15 is 0 Å². The van der Waals surface area contributed by atoms with Gasteiger partial charge in [-0.05, 0) is 61.6 Å². The zero-order chi connectivity index (χ0) is 24.9. The van der Waals surface area contributed by atoms with E-state index in [0.717, 1.165) is 30.7 Å². The molecule has 0 N–H and O–H groups in total. The third kappa shape index (κ3) is 8.99. The molecule has 0 saturated heterocycles. The Hall–Kier alpha value is -1.77. The predicted octanol–water partition coefficient (Wildman–Crippen LogP) is 10.9. The van der Waals surface area contributed by atoms with Crippen molar-refractivity contribution in [1.82, 2.24) is 4.98 Å². The first-order valence-electron chi connectivity index (χ1n) is 14.5. The van der Waals surface area contributed by atoms with Crippen LogP contribution in [0.5, 0.6) is 0 Å². The monoisotopic (exact) mass is 483 g/mol. The van der Waals surface area contributed by atoms with E-state index in [0.29, 0.717) is 18.0 Å². The van der Waals surface area contributed by atoms with Crippen molar-refractivity contribution in [3.8, 4) is 11.3 Å². The molecule has 1 saturated carbocycles. The molecule has 1 heterocycles. The van der Waals surface area contributed by atoms with E-state index in [-0.39, 0.29) is 5.56 Å². The molecule has 35 heavy (non-hydrogen) atoms. The van der Waals surface area contributed by atoms with Gasteiger partial charge in [-0.2, -0.15) is 4.39 Å². The van der Waals surface area contributed by atoms with E-state index in [9.17, 15) is 8.78 Å². The molecule has 1 atom stereocenters. The third-order valence-corrected chi connectivity index (χ3v) is 8.02. The van der Waals surface area contributed by atoms with Gasteiger partial charge in [-0.1, -0.05) is 109 Å². The minimum absolute atomic E-state index is 0.104. The second kappa shape index (κ2) is 15.4. The molecule has 1 fully saturated rings. The molecule has 1 aliphatic rings. The summed E-state index contributed by atoms with van der Waals surface area (Å²) in [5.41, 5.74) is 2.97. The van der Waals surface area contributed by atoms with E-state index < -0.39 is 12.1 Å². The molecule has 0 radical (unpaired) electrons. The second-order valence-corrected chi connectivity index (χ2v) is 10.8. The van der Waals surface area contributed by atoms with Crippen LogP contribution < -0.4 is 0 Å². The zero-order valence-corrected chi connectivity index (χ0v) is 22.2. The summed E-state index contributed by atoms with van der Waals surface area (Å²) in [4.78, 5) is 4.12. The standard InChI is InChI=1S/C32H47F2N/c1-3-5-7-8-9-10-12-14-30(33)29-23-24-31(35-32(29)34)28-21-19-27(20-22-28)26-17-15-25(16-18-26)13-11-6-4-2/h19-26,30H,3-18H2,1-2H3. The Bertz CT molecular complexity index is 839. The topological polar surface area (TPSA) is 12.9 Å². The number of aromatic nitrogens is 1. The maximum Gasteiger partial charge on any atom is 0.219 e. The first-order valence-corrected chi connectivity index (χ1v) is 14.5. The van der Waals surface area contributed by atoms with Crippen LogP contribution in [0, 0.1) is 11.9 Å². The Kier molecular flexibility index (Phi) is 12.2. The molecule has 1 aliphatic carbocycles. The van der Waals surface area contributed by atoms with Crippen molar-refractivity contribution in [2.75, 3.05) is 0 Å². The van der Waals surface area contributed by atoms with Gasteiger partial charge in [0.2, 0.25) is 5.95 Å². The lowest BCUT2D eigenvalue weighted by Crippen LogP contribution is -2.13. The normalized spacial score (nSPS) is 19.1. The summed E-state index contributed by atoms with van der Waals surface area (Å²) in [6.45, 7) is 4.48. The lowest BCUT2D eigenvalue weighted by molar-refractivity contribution is 0.300. The van der Waals surface area contributed by atoms with Crippen LogP contribution in [0.2, 0.25) is 0 Å². The van der Waals surface area contributed by atoms with Gasteiger partial charge in [0.25, 0.3) is 0 Å². The summed E-state index contributed by atoms with van der Waals surface area (Å²) < 4.78 is 29.3. The van der Waals surface area contributed by atoms with Crippen LogP contribution in [-0.4, -0.2) is 4.98 Å². The van der Waals surface area contributed by atoms with Gasteiger partial charge in [0.15, 0.2) is 0 Å². The zero-order valence-electron chi connectivity index (χ0n) is 22.2. The van der Waals surface area contributed by atoms with Gasteiger partial charge in [-0.25, -0.2) is 9.37 Å². The SMILES string of the molecule is CCCCCCCCCC(F)c1ccc(-c2ccc(C3CCC(CCCCC)CC3)cc2)nc1F. The van der Waals surface area contributed by atoms with Gasteiger partial charge in [0.05, 0.1) is 5.69 Å². The van der Waals surface area contributed by atoms with Gasteiger partial charge >= 0.3 is 0 Å². The van der Waals surface area contributed by atoms with Crippen molar-refractivity contribution in [1.29, 1.82) is 0 Å². The molecule has 1 aromatic heterocycles. The summed E-state index contributed by atoms with van der Waals surface area (Å²) in [5, 5.41) is 0. The van der Waals surface area contributed by atoms with Crippen molar-refractivity contribution in [3.63, 3.8) is 0 Å². The molecule has 0 amide bonds. The van der Waals surface area contributed by atoms with E-state index in [2.05, 4.69) is 43.1 Å². The molecule has 0 aliphatic heterocycles. The Morgan fingerprint density at radius 1 is 0.771 bits per heavy atom. The molecule has 194 valence electrons. The van der Waals surface area contributed by atoms with Gasteiger partial charge in [0.1, 0.15) is 6.17 Å². The fourth-order valence-electron chi connectivity index (χ4n) is 5.67. The summed E-state index contributed by atoms with van der Waals surface area (Å²) in [6.07, 6.45) is 17.7. The Morgan fingerprint density at radius 3 is 2.06 bits per heavy atom. The van der Waals surface area contributed by atoms with Crippen LogP contribution in [0.4, 0.5) is 8.78 Å². The number of nitrogens with zero attached hydrogens (tertiary/aromatic N) is 1. The van der Waals surface area contributed by atoms with Crippen molar-refractivity contribution in [3.05, 3.63) is 53.5 Å². The lowest BCUT2D eigenvalue weighted by Gasteiger charge is -2.29. The van der Waals surface area contributed by atoms with Crippen LogP contribution in [0.3, 0.4) is 0 Å². The first-order chi connectivity index (χ1) is 17.1. The van der Waals surface area contributed by atoms with E-state index in [4.69, 9.17) is 0 Å². The Morgan fingerprint density at radius 2 is 1.40 bits per heavy atom. The highest BCUT2D eigenvalue weighted by Gasteiger charge is 2.22. The van der Waals surface area contributed by atoms with Gasteiger partial charge in [-0.15, -0.1) is 0 Å². The van der Waals surface area contributed by atoms with Crippen LogP contribution in [0.15, 0.2) is 36.4 Å². The van der Waals surface area contributed by atoms with Crippen LogP contribution in [-0.2, 0) is 0 Å². The van der Waals surface area contributed by atoms with E-state index in [1.807, 2.05) is 0 Å². The highest BCUT2D eigenvalue weighted by molar-refractivity contribution is 5.59. The summed E-state index contributed by atoms with van der Waals surface area (Å²) in [5.74, 6) is 0.883. The van der Waals surface area contributed by atoms with Gasteiger partial charge in [0, 0.05) is 11.1 Å². The molecule has 0 spiro atoms. The smallest absolute Gasteiger partial charge is 0.219 e. The molecule has 2 aromatic rings. The fraction of sp³-hybridized carbons (Fsp3) is 0.656. The van der Waals surface area contributed by atoms with E-state index in [1.165, 1.54) is 82.6 Å². The number of halogens is 2. The van der Waals surface area contributed by atoms with Crippen LogP contribution in [0.25, 0.3) is 11.3 Å². The number of unbranched alkanes of at least 4 members (excludes halogenated alkanes) is 8. The number of benzene rings is 1. The molecular weight excluding hydrogens is 436 g/mol. The average molecular weight is 484 g/mol. The summed E-state index contributed by atoms with van der Waals surface area (Å²) in [6, 6.07) is 11.8. The number of hydrogen-bond acceptors (Lipinski definition) is 1. The minimum atomic E-state index is -1.27. The van der Waals surface area contributed by atoms with Crippen molar-refractivity contribution in [2.45, 2.75) is 129 Å². The van der Waals surface area contributed by atoms with Crippen molar-refractivity contribution >= 4 is 0 Å². The molecule has 0 bridgehead atoms. The van der Waals surface area contributed by atoms with Gasteiger partial charge in [-0.3, -0.25) is 0 Å². The Balaban J connectivity index is 1.47. The first kappa shape index (κ1) is 27.8. The molecule has 1 aromatic carbocycles. The molecule has 3 heteroatoms.